The highest BCUT2D eigenvalue weighted by molar-refractivity contribution is 5.84. The van der Waals surface area contributed by atoms with Crippen LogP contribution in [0.25, 0.3) is 0 Å². The van der Waals surface area contributed by atoms with Crippen LogP contribution in [-0.2, 0) is 4.79 Å². The Morgan fingerprint density at radius 3 is 1.91 bits per heavy atom. The van der Waals surface area contributed by atoms with Crippen molar-refractivity contribution < 1.29 is 4.79 Å². The Morgan fingerprint density at radius 2 is 1.82 bits per heavy atom. The van der Waals surface area contributed by atoms with E-state index in [1.165, 1.54) is 0 Å². The third-order valence-electron chi connectivity index (χ3n) is 3.34. The molecule has 1 fully saturated rings. The van der Waals surface area contributed by atoms with E-state index in [4.69, 9.17) is 0 Å². The van der Waals surface area contributed by atoms with Crippen LogP contribution in [0, 0.1) is 11.3 Å². The maximum Gasteiger partial charge on any atom is 0.228 e. The molecule has 1 aliphatic rings. The second-order valence-electron chi connectivity index (χ2n) is 4.17. The fourth-order valence-corrected chi connectivity index (χ4v) is 1.77. The summed E-state index contributed by atoms with van der Waals surface area (Å²) in [6.45, 7) is 8.31. The molecule has 2 nitrogen and oxygen atoms in total. The summed E-state index contributed by atoms with van der Waals surface area (Å²) in [7, 11) is 1.89. The van der Waals surface area contributed by atoms with Gasteiger partial charge in [0.05, 0.1) is 0 Å². The molecule has 0 aromatic rings. The lowest BCUT2D eigenvalue weighted by atomic mass is 9.80. The van der Waals surface area contributed by atoms with E-state index in [9.17, 15) is 4.79 Å². The molecule has 1 rings (SSSR count). The molecule has 0 aromatic carbocycles. The summed E-state index contributed by atoms with van der Waals surface area (Å²) in [6.07, 6.45) is 0. The second-order valence-corrected chi connectivity index (χ2v) is 4.17. The van der Waals surface area contributed by atoms with Crippen molar-refractivity contribution >= 4 is 5.91 Å². The molecule has 1 amide bonds. The van der Waals surface area contributed by atoms with Gasteiger partial charge in [-0.05, 0) is 12.8 Å². The molecule has 0 spiro atoms. The Kier molecular flexibility index (Phi) is 1.73. The molecule has 1 aliphatic heterocycles. The quantitative estimate of drug-likeness (QED) is 0.519. The second kappa shape index (κ2) is 2.23. The zero-order valence-corrected chi connectivity index (χ0v) is 8.01. The lowest BCUT2D eigenvalue weighted by molar-refractivity contribution is -0.134. The average Bonchev–Trinajstić information content (AvgIpc) is 2.06. The van der Waals surface area contributed by atoms with E-state index < -0.39 is 0 Å². The molecule has 11 heavy (non-hydrogen) atoms. The summed E-state index contributed by atoms with van der Waals surface area (Å²) >= 11 is 0. The Balaban J connectivity index is 2.96. The zero-order valence-electron chi connectivity index (χ0n) is 8.01. The summed E-state index contributed by atoms with van der Waals surface area (Å²) in [5.74, 6) is 0.734. The molecule has 64 valence electrons. The normalized spacial score (nSPS) is 36.5. The van der Waals surface area contributed by atoms with E-state index in [-0.39, 0.29) is 11.3 Å². The van der Waals surface area contributed by atoms with Gasteiger partial charge in [0, 0.05) is 18.5 Å². The smallest absolute Gasteiger partial charge is 0.228 e. The van der Waals surface area contributed by atoms with Crippen molar-refractivity contribution in [2.45, 2.75) is 33.7 Å². The van der Waals surface area contributed by atoms with Crippen molar-refractivity contribution in [1.29, 1.82) is 0 Å². The Labute approximate surface area is 68.6 Å². The summed E-state index contributed by atoms with van der Waals surface area (Å²) in [4.78, 5) is 13.4. The third kappa shape index (κ3) is 0.959. The first-order valence-corrected chi connectivity index (χ1v) is 4.16. The fourth-order valence-electron chi connectivity index (χ4n) is 1.77. The molecule has 0 radical (unpaired) electrons. The van der Waals surface area contributed by atoms with Crippen molar-refractivity contribution in [3.05, 3.63) is 0 Å². The number of amides is 1. The van der Waals surface area contributed by atoms with Crippen LogP contribution in [0.2, 0.25) is 0 Å². The van der Waals surface area contributed by atoms with Gasteiger partial charge in [-0.3, -0.25) is 4.79 Å². The van der Waals surface area contributed by atoms with Gasteiger partial charge in [-0.15, -0.1) is 0 Å². The number of nitrogens with zero attached hydrogens (tertiary/aromatic N) is 1. The molecule has 1 saturated heterocycles. The minimum Gasteiger partial charge on any atom is -0.342 e. The number of likely N-dealkylation sites (tertiary alicyclic amines) is 1. The summed E-state index contributed by atoms with van der Waals surface area (Å²) in [5.41, 5.74) is -0.159. The SMILES string of the molecule is CC1[C@@H](C)N(C)C(=O)C1(C)C. The number of carbonyl (C=O) groups is 1. The van der Waals surface area contributed by atoms with Gasteiger partial charge in [-0.1, -0.05) is 20.8 Å². The molecular weight excluding hydrogens is 138 g/mol. The summed E-state index contributed by atoms with van der Waals surface area (Å²) < 4.78 is 0. The van der Waals surface area contributed by atoms with Gasteiger partial charge < -0.3 is 4.90 Å². The number of rotatable bonds is 0. The van der Waals surface area contributed by atoms with E-state index >= 15 is 0 Å². The molecule has 1 unspecified atom stereocenters. The standard InChI is InChI=1S/C9H17NO/c1-6-7(2)10(5)8(11)9(6,3)4/h6-7H,1-5H3/t6?,7-/m1/s1. The van der Waals surface area contributed by atoms with Gasteiger partial charge in [0.25, 0.3) is 0 Å². The van der Waals surface area contributed by atoms with Gasteiger partial charge in [0.2, 0.25) is 5.91 Å². The maximum absolute atomic E-state index is 11.6. The summed E-state index contributed by atoms with van der Waals surface area (Å²) in [6, 6.07) is 0.387. The van der Waals surface area contributed by atoms with Crippen molar-refractivity contribution in [3.8, 4) is 0 Å². The van der Waals surface area contributed by atoms with Crippen molar-refractivity contribution in [1.82, 2.24) is 4.90 Å². The molecule has 0 aromatic heterocycles. The van der Waals surface area contributed by atoms with Crippen LogP contribution in [0.3, 0.4) is 0 Å². The highest BCUT2D eigenvalue weighted by Crippen LogP contribution is 2.39. The maximum atomic E-state index is 11.6. The lowest BCUT2D eigenvalue weighted by Crippen LogP contribution is -2.29. The monoisotopic (exact) mass is 155 g/mol. The molecule has 0 bridgehead atoms. The fraction of sp³-hybridized carbons (Fsp3) is 0.889. The van der Waals surface area contributed by atoms with E-state index in [2.05, 4.69) is 13.8 Å². The predicted octanol–water partition coefficient (Wildman–Crippen LogP) is 1.51. The minimum absolute atomic E-state index is 0.159. The average molecular weight is 155 g/mol. The largest absolute Gasteiger partial charge is 0.342 e. The van der Waals surface area contributed by atoms with E-state index in [1.54, 1.807) is 0 Å². The Hall–Kier alpha value is -0.530. The van der Waals surface area contributed by atoms with Crippen molar-refractivity contribution in [2.75, 3.05) is 7.05 Å². The molecule has 0 saturated carbocycles. The van der Waals surface area contributed by atoms with Crippen LogP contribution >= 0.6 is 0 Å². The van der Waals surface area contributed by atoms with Gasteiger partial charge >= 0.3 is 0 Å². The topological polar surface area (TPSA) is 20.3 Å². The number of carbonyl (C=O) groups excluding carboxylic acids is 1. The Bertz CT molecular complexity index is 186. The molecule has 0 N–H and O–H groups in total. The molecule has 1 heterocycles. The highest BCUT2D eigenvalue weighted by atomic mass is 16.2. The molecule has 0 aliphatic carbocycles. The zero-order chi connectivity index (χ0) is 8.81. The Morgan fingerprint density at radius 1 is 1.36 bits per heavy atom. The third-order valence-corrected chi connectivity index (χ3v) is 3.34. The predicted molar refractivity (Wildman–Crippen MR) is 45.2 cm³/mol. The van der Waals surface area contributed by atoms with Gasteiger partial charge in [0.1, 0.15) is 0 Å². The van der Waals surface area contributed by atoms with Crippen molar-refractivity contribution in [3.63, 3.8) is 0 Å². The van der Waals surface area contributed by atoms with Crippen LogP contribution in [0.1, 0.15) is 27.7 Å². The van der Waals surface area contributed by atoms with Crippen LogP contribution in [-0.4, -0.2) is 23.9 Å². The first-order valence-electron chi connectivity index (χ1n) is 4.16. The molecule has 2 atom stereocenters. The first kappa shape index (κ1) is 8.57. The van der Waals surface area contributed by atoms with E-state index in [0.29, 0.717) is 12.0 Å². The van der Waals surface area contributed by atoms with Crippen LogP contribution in [0.5, 0.6) is 0 Å². The van der Waals surface area contributed by atoms with E-state index in [1.807, 2.05) is 25.8 Å². The van der Waals surface area contributed by atoms with Crippen molar-refractivity contribution in [2.24, 2.45) is 11.3 Å². The lowest BCUT2D eigenvalue weighted by Gasteiger charge is -2.20. The van der Waals surface area contributed by atoms with Gasteiger partial charge in [0.15, 0.2) is 0 Å². The van der Waals surface area contributed by atoms with Gasteiger partial charge in [-0.2, -0.15) is 0 Å². The van der Waals surface area contributed by atoms with Gasteiger partial charge in [-0.25, -0.2) is 0 Å². The number of hydrogen-bond acceptors (Lipinski definition) is 1. The summed E-state index contributed by atoms with van der Waals surface area (Å²) in [5, 5.41) is 0. The first-order chi connectivity index (χ1) is 4.89. The van der Waals surface area contributed by atoms with Crippen LogP contribution in [0.15, 0.2) is 0 Å². The number of hydrogen-bond donors (Lipinski definition) is 0. The minimum atomic E-state index is -0.159. The van der Waals surface area contributed by atoms with Crippen LogP contribution in [0.4, 0.5) is 0 Å². The van der Waals surface area contributed by atoms with Crippen LogP contribution < -0.4 is 0 Å². The highest BCUT2D eigenvalue weighted by Gasteiger charge is 2.47. The van der Waals surface area contributed by atoms with E-state index in [0.717, 1.165) is 0 Å². The molecule has 2 heteroatoms. The molecular formula is C9H17NO.